The molecule has 0 fully saturated rings. The van der Waals surface area contributed by atoms with Gasteiger partial charge in [0.25, 0.3) is 0 Å². The number of hydrogen-bond donors (Lipinski definition) is 1. The molecule has 0 aliphatic carbocycles. The van der Waals surface area contributed by atoms with E-state index in [4.69, 9.17) is 0 Å². The number of nitrogens with zero attached hydrogens (tertiary/aromatic N) is 3. The van der Waals surface area contributed by atoms with Crippen LogP contribution in [-0.2, 0) is 17.8 Å². The van der Waals surface area contributed by atoms with E-state index in [1.165, 1.54) is 17.3 Å². The lowest BCUT2D eigenvalue weighted by Gasteiger charge is -2.17. The highest BCUT2D eigenvalue weighted by molar-refractivity contribution is 8.00. The van der Waals surface area contributed by atoms with Crippen LogP contribution in [0.1, 0.15) is 25.8 Å². The van der Waals surface area contributed by atoms with E-state index < -0.39 is 0 Å². The summed E-state index contributed by atoms with van der Waals surface area (Å²) >= 11 is 1.42. The molecule has 3 rings (SSSR count). The van der Waals surface area contributed by atoms with Gasteiger partial charge in [0, 0.05) is 18.2 Å². The molecule has 3 aromatic rings. The second-order valence-corrected chi connectivity index (χ2v) is 8.57. The minimum atomic E-state index is -0.277. The number of amides is 1. The number of allylic oxidation sites excluding steroid dienone is 1. The van der Waals surface area contributed by atoms with Crippen LogP contribution < -0.4 is 5.32 Å². The number of benzene rings is 2. The van der Waals surface area contributed by atoms with Gasteiger partial charge in [0.15, 0.2) is 11.0 Å². The maximum Gasteiger partial charge on any atom is 0.233 e. The zero-order valence-corrected chi connectivity index (χ0v) is 18.3. The van der Waals surface area contributed by atoms with E-state index >= 15 is 0 Å². The van der Waals surface area contributed by atoms with Gasteiger partial charge in [-0.2, -0.15) is 0 Å². The largest absolute Gasteiger partial charge is 0.353 e. The predicted molar refractivity (Wildman–Crippen MR) is 123 cm³/mol. The molecular weight excluding hydrogens is 392 g/mol. The first kappa shape index (κ1) is 21.8. The van der Waals surface area contributed by atoms with Gasteiger partial charge < -0.3 is 5.32 Å². The Morgan fingerprint density at radius 2 is 1.77 bits per heavy atom. The lowest BCUT2D eigenvalue weighted by atomic mass is 10.1. The van der Waals surface area contributed by atoms with Crippen LogP contribution in [0.4, 0.5) is 0 Å². The lowest BCUT2D eigenvalue weighted by Crippen LogP contribution is -2.38. The third kappa shape index (κ3) is 5.83. The van der Waals surface area contributed by atoms with Gasteiger partial charge in [0.05, 0.1) is 5.25 Å². The number of aryl methyl sites for hydroxylation is 1. The molecule has 1 N–H and O–H groups in total. The van der Waals surface area contributed by atoms with Gasteiger partial charge in [-0.25, -0.2) is 0 Å². The second kappa shape index (κ2) is 10.8. The summed E-state index contributed by atoms with van der Waals surface area (Å²) in [5.74, 6) is 0.789. The van der Waals surface area contributed by atoms with Crippen molar-refractivity contribution in [1.82, 2.24) is 20.1 Å². The number of rotatable bonds is 10. The van der Waals surface area contributed by atoms with Crippen LogP contribution in [0.25, 0.3) is 11.4 Å². The fourth-order valence-corrected chi connectivity index (χ4v) is 4.01. The van der Waals surface area contributed by atoms with E-state index in [1.807, 2.05) is 73.0 Å². The molecule has 0 saturated carbocycles. The first-order valence-corrected chi connectivity index (χ1v) is 11.1. The summed E-state index contributed by atoms with van der Waals surface area (Å²) < 4.78 is 2.00. The second-order valence-electron chi connectivity index (χ2n) is 7.27. The Hall–Kier alpha value is -2.86. The van der Waals surface area contributed by atoms with Crippen LogP contribution in [0.3, 0.4) is 0 Å². The van der Waals surface area contributed by atoms with Crippen molar-refractivity contribution in [3.8, 4) is 11.4 Å². The fraction of sp³-hybridized carbons (Fsp3) is 0.292. The average Bonchev–Trinajstić information content (AvgIpc) is 3.16. The molecule has 0 spiro atoms. The molecule has 0 bridgehead atoms. The smallest absolute Gasteiger partial charge is 0.233 e. The first-order chi connectivity index (χ1) is 14.6. The van der Waals surface area contributed by atoms with Crippen LogP contribution in [0.2, 0.25) is 0 Å². The number of carbonyl (C=O) groups is 1. The Kier molecular flexibility index (Phi) is 7.85. The van der Waals surface area contributed by atoms with E-state index in [-0.39, 0.29) is 17.2 Å². The van der Waals surface area contributed by atoms with Crippen LogP contribution in [0, 0.1) is 0 Å². The molecule has 6 heteroatoms. The molecule has 5 nitrogen and oxygen atoms in total. The third-order valence-electron chi connectivity index (χ3n) is 4.81. The van der Waals surface area contributed by atoms with Crippen molar-refractivity contribution in [2.75, 3.05) is 0 Å². The SMILES string of the molecule is C=CCn1c(S[C@@H](C)C(=O)N[C@@H](C)CCc2ccccc2)nnc1-c1ccccc1. The molecule has 0 aliphatic rings. The maximum atomic E-state index is 12.7. The third-order valence-corrected chi connectivity index (χ3v) is 5.89. The Morgan fingerprint density at radius 1 is 1.10 bits per heavy atom. The number of carbonyl (C=O) groups excluding carboxylic acids is 1. The zero-order chi connectivity index (χ0) is 21.3. The normalized spacial score (nSPS) is 12.9. The molecule has 156 valence electrons. The van der Waals surface area contributed by atoms with Crippen molar-refractivity contribution in [2.24, 2.45) is 0 Å². The monoisotopic (exact) mass is 420 g/mol. The average molecular weight is 421 g/mol. The van der Waals surface area contributed by atoms with Crippen molar-refractivity contribution >= 4 is 17.7 Å². The fourth-order valence-electron chi connectivity index (χ4n) is 3.14. The lowest BCUT2D eigenvalue weighted by molar-refractivity contribution is -0.120. The Balaban J connectivity index is 1.60. The predicted octanol–water partition coefficient (Wildman–Crippen LogP) is 4.75. The standard InChI is InChI=1S/C24H28N4OS/c1-4-17-28-22(21-13-9-6-10-14-21)26-27-24(28)30-19(3)23(29)25-18(2)15-16-20-11-7-5-8-12-20/h4-14,18-19H,1,15-17H2,2-3H3,(H,25,29)/t18-,19-/m0/s1. The molecule has 2 atom stereocenters. The highest BCUT2D eigenvalue weighted by atomic mass is 32.2. The highest BCUT2D eigenvalue weighted by Gasteiger charge is 2.21. The Bertz CT molecular complexity index is 956. The molecule has 30 heavy (non-hydrogen) atoms. The summed E-state index contributed by atoms with van der Waals surface area (Å²) in [5.41, 5.74) is 2.28. The summed E-state index contributed by atoms with van der Waals surface area (Å²) in [6.07, 6.45) is 3.66. The number of aromatic nitrogens is 3. The number of thioether (sulfide) groups is 1. The van der Waals surface area contributed by atoms with Crippen molar-refractivity contribution in [1.29, 1.82) is 0 Å². The van der Waals surface area contributed by atoms with Gasteiger partial charge >= 0.3 is 0 Å². The highest BCUT2D eigenvalue weighted by Crippen LogP contribution is 2.27. The topological polar surface area (TPSA) is 59.8 Å². The van der Waals surface area contributed by atoms with Crippen molar-refractivity contribution in [3.63, 3.8) is 0 Å². The molecule has 1 aromatic heterocycles. The van der Waals surface area contributed by atoms with E-state index in [9.17, 15) is 4.79 Å². The van der Waals surface area contributed by atoms with Crippen LogP contribution >= 0.6 is 11.8 Å². The quantitative estimate of drug-likeness (QED) is 0.380. The van der Waals surface area contributed by atoms with Crippen molar-refractivity contribution in [3.05, 3.63) is 78.9 Å². The molecule has 1 amide bonds. The maximum absolute atomic E-state index is 12.7. The van der Waals surface area contributed by atoms with E-state index in [1.54, 1.807) is 0 Å². The van der Waals surface area contributed by atoms with Crippen molar-refractivity contribution in [2.45, 2.75) is 49.7 Å². The van der Waals surface area contributed by atoms with Gasteiger partial charge in [0.1, 0.15) is 0 Å². The minimum absolute atomic E-state index is 0.00924. The Morgan fingerprint density at radius 3 is 2.43 bits per heavy atom. The van der Waals surface area contributed by atoms with E-state index in [2.05, 4.69) is 34.2 Å². The summed E-state index contributed by atoms with van der Waals surface area (Å²) in [4.78, 5) is 12.7. The number of nitrogens with one attached hydrogen (secondary N) is 1. The van der Waals surface area contributed by atoms with Gasteiger partial charge in [-0.15, -0.1) is 16.8 Å². The van der Waals surface area contributed by atoms with Crippen LogP contribution in [0.15, 0.2) is 78.5 Å². The summed E-state index contributed by atoms with van der Waals surface area (Å²) in [6.45, 7) is 8.38. The molecule has 1 heterocycles. The van der Waals surface area contributed by atoms with Gasteiger partial charge in [-0.3, -0.25) is 9.36 Å². The first-order valence-electron chi connectivity index (χ1n) is 10.2. The van der Waals surface area contributed by atoms with Gasteiger partial charge in [-0.05, 0) is 32.3 Å². The molecule has 0 radical (unpaired) electrons. The van der Waals surface area contributed by atoms with Crippen LogP contribution in [-0.4, -0.2) is 32.0 Å². The summed E-state index contributed by atoms with van der Waals surface area (Å²) in [6, 6.07) is 20.4. The molecule has 0 unspecified atom stereocenters. The Labute approximate surface area is 182 Å². The van der Waals surface area contributed by atoms with Crippen molar-refractivity contribution < 1.29 is 4.79 Å². The van der Waals surface area contributed by atoms with Gasteiger partial charge in [-0.1, -0.05) is 78.5 Å². The summed E-state index contributed by atoms with van der Waals surface area (Å²) in [7, 11) is 0. The van der Waals surface area contributed by atoms with Gasteiger partial charge in [0.2, 0.25) is 5.91 Å². The number of hydrogen-bond acceptors (Lipinski definition) is 4. The molecule has 2 aromatic carbocycles. The minimum Gasteiger partial charge on any atom is -0.353 e. The molecule has 0 saturated heterocycles. The molecular formula is C24H28N4OS. The van der Waals surface area contributed by atoms with E-state index in [0.29, 0.717) is 11.7 Å². The van der Waals surface area contributed by atoms with E-state index in [0.717, 1.165) is 24.2 Å². The zero-order valence-electron chi connectivity index (χ0n) is 17.5. The van der Waals surface area contributed by atoms with Crippen LogP contribution in [0.5, 0.6) is 0 Å². The molecule has 0 aliphatic heterocycles. The summed E-state index contributed by atoms with van der Waals surface area (Å²) in [5, 5.41) is 12.3.